The minimum Gasteiger partial charge on any atom is -0.494 e. The smallest absolute Gasteiger partial charge is 0.343 e. The van der Waals surface area contributed by atoms with Crippen LogP contribution >= 0.6 is 0 Å². The first-order valence-electron chi connectivity index (χ1n) is 8.01. The van der Waals surface area contributed by atoms with Gasteiger partial charge in [-0.15, -0.1) is 0 Å². The van der Waals surface area contributed by atoms with E-state index in [0.29, 0.717) is 29.4 Å². The average Bonchev–Trinajstić information content (AvgIpc) is 3.22. The maximum Gasteiger partial charge on any atom is 0.343 e. The first-order valence-corrected chi connectivity index (χ1v) is 8.01. The molecule has 0 amide bonds. The number of carbonyl (C=O) groups is 1. The Bertz CT molecular complexity index is 877. The van der Waals surface area contributed by atoms with Crippen LogP contribution in [0.3, 0.4) is 0 Å². The molecule has 0 N–H and O–H groups in total. The van der Waals surface area contributed by atoms with Gasteiger partial charge in [-0.05, 0) is 61.0 Å². The molecule has 2 aliphatic rings. The SMILES string of the molecule is CCOc1ccc(C2=C/C(=C/c3ccc4c(c3)OCO4)C(=O)O2)cc1. The van der Waals surface area contributed by atoms with Crippen LogP contribution in [-0.4, -0.2) is 19.4 Å². The second-order valence-corrected chi connectivity index (χ2v) is 5.57. The van der Waals surface area contributed by atoms with Crippen molar-refractivity contribution < 1.29 is 23.7 Å². The summed E-state index contributed by atoms with van der Waals surface area (Å²) in [6, 6.07) is 13.0. The molecule has 2 aliphatic heterocycles. The molecule has 4 rings (SSSR count). The van der Waals surface area contributed by atoms with E-state index in [1.165, 1.54) is 0 Å². The zero-order valence-corrected chi connectivity index (χ0v) is 13.7. The molecule has 25 heavy (non-hydrogen) atoms. The number of fused-ring (bicyclic) bond motifs is 1. The van der Waals surface area contributed by atoms with Gasteiger partial charge in [0, 0.05) is 5.56 Å². The summed E-state index contributed by atoms with van der Waals surface area (Å²) >= 11 is 0. The molecule has 0 saturated carbocycles. The number of rotatable bonds is 4. The summed E-state index contributed by atoms with van der Waals surface area (Å²) in [4.78, 5) is 12.1. The summed E-state index contributed by atoms with van der Waals surface area (Å²) in [7, 11) is 0. The van der Waals surface area contributed by atoms with Crippen LogP contribution < -0.4 is 14.2 Å². The van der Waals surface area contributed by atoms with Crippen LogP contribution in [0.2, 0.25) is 0 Å². The minimum atomic E-state index is -0.374. The molecular weight excluding hydrogens is 320 g/mol. The van der Waals surface area contributed by atoms with Crippen LogP contribution in [-0.2, 0) is 9.53 Å². The van der Waals surface area contributed by atoms with E-state index in [9.17, 15) is 4.79 Å². The number of hydrogen-bond acceptors (Lipinski definition) is 5. The fourth-order valence-electron chi connectivity index (χ4n) is 2.70. The van der Waals surface area contributed by atoms with Gasteiger partial charge in [-0.2, -0.15) is 0 Å². The molecule has 0 aliphatic carbocycles. The Labute approximate surface area is 145 Å². The molecule has 2 aromatic rings. The van der Waals surface area contributed by atoms with Gasteiger partial charge in [-0.3, -0.25) is 0 Å². The van der Waals surface area contributed by atoms with E-state index >= 15 is 0 Å². The highest BCUT2D eigenvalue weighted by atomic mass is 16.7. The Morgan fingerprint density at radius 2 is 1.88 bits per heavy atom. The van der Waals surface area contributed by atoms with Gasteiger partial charge in [-0.1, -0.05) is 6.07 Å². The van der Waals surface area contributed by atoms with Crippen molar-refractivity contribution in [3.8, 4) is 17.2 Å². The molecule has 0 fully saturated rings. The Balaban J connectivity index is 1.59. The van der Waals surface area contributed by atoms with E-state index in [2.05, 4.69) is 0 Å². The molecule has 5 nitrogen and oxygen atoms in total. The number of benzene rings is 2. The quantitative estimate of drug-likeness (QED) is 0.628. The second-order valence-electron chi connectivity index (χ2n) is 5.57. The van der Waals surface area contributed by atoms with Crippen molar-refractivity contribution in [3.63, 3.8) is 0 Å². The lowest BCUT2D eigenvalue weighted by atomic mass is 10.1. The third-order valence-corrected chi connectivity index (χ3v) is 3.89. The van der Waals surface area contributed by atoms with Gasteiger partial charge in [0.2, 0.25) is 6.79 Å². The lowest BCUT2D eigenvalue weighted by molar-refractivity contribution is -0.130. The molecule has 0 atom stereocenters. The number of cyclic esters (lactones) is 1. The molecule has 126 valence electrons. The van der Waals surface area contributed by atoms with Crippen LogP contribution in [0.25, 0.3) is 11.8 Å². The maximum atomic E-state index is 12.1. The van der Waals surface area contributed by atoms with Gasteiger partial charge in [-0.25, -0.2) is 4.79 Å². The molecule has 0 radical (unpaired) electrons. The summed E-state index contributed by atoms with van der Waals surface area (Å²) in [5.74, 6) is 2.33. The molecule has 5 heteroatoms. The van der Waals surface area contributed by atoms with Gasteiger partial charge in [0.15, 0.2) is 11.5 Å². The Kier molecular flexibility index (Phi) is 3.90. The Morgan fingerprint density at radius 3 is 2.68 bits per heavy atom. The van der Waals surface area contributed by atoms with Crippen LogP contribution in [0.5, 0.6) is 17.2 Å². The highest BCUT2D eigenvalue weighted by molar-refractivity contribution is 6.05. The Hall–Kier alpha value is -3.21. The highest BCUT2D eigenvalue weighted by Crippen LogP contribution is 2.34. The third-order valence-electron chi connectivity index (χ3n) is 3.89. The second kappa shape index (κ2) is 6.36. The molecule has 2 aromatic carbocycles. The van der Waals surface area contributed by atoms with Gasteiger partial charge >= 0.3 is 5.97 Å². The van der Waals surface area contributed by atoms with Crippen molar-refractivity contribution in [1.82, 2.24) is 0 Å². The van der Waals surface area contributed by atoms with E-state index in [0.717, 1.165) is 16.9 Å². The van der Waals surface area contributed by atoms with Gasteiger partial charge < -0.3 is 18.9 Å². The fourth-order valence-corrected chi connectivity index (χ4v) is 2.70. The molecule has 0 saturated heterocycles. The van der Waals surface area contributed by atoms with E-state index in [-0.39, 0.29) is 12.8 Å². The molecule has 0 aromatic heterocycles. The normalized spacial score (nSPS) is 16.8. The number of esters is 1. The van der Waals surface area contributed by atoms with Crippen molar-refractivity contribution in [2.24, 2.45) is 0 Å². The third kappa shape index (κ3) is 3.08. The minimum absolute atomic E-state index is 0.221. The number of carbonyl (C=O) groups excluding carboxylic acids is 1. The van der Waals surface area contributed by atoms with E-state index < -0.39 is 0 Å². The van der Waals surface area contributed by atoms with Crippen LogP contribution in [0, 0.1) is 0 Å². The van der Waals surface area contributed by atoms with Crippen molar-refractivity contribution >= 4 is 17.8 Å². The lowest BCUT2D eigenvalue weighted by Gasteiger charge is -2.05. The number of ether oxygens (including phenoxy) is 4. The molecule has 0 spiro atoms. The predicted molar refractivity (Wildman–Crippen MR) is 92.2 cm³/mol. The van der Waals surface area contributed by atoms with E-state index in [1.807, 2.05) is 49.4 Å². The van der Waals surface area contributed by atoms with Crippen molar-refractivity contribution in [3.05, 3.63) is 65.2 Å². The summed E-state index contributed by atoms with van der Waals surface area (Å²) in [6.07, 6.45) is 3.51. The highest BCUT2D eigenvalue weighted by Gasteiger charge is 2.22. The first-order chi connectivity index (χ1) is 12.2. The lowest BCUT2D eigenvalue weighted by Crippen LogP contribution is -1.97. The van der Waals surface area contributed by atoms with Crippen LogP contribution in [0.15, 0.2) is 54.1 Å². The summed E-state index contributed by atoms with van der Waals surface area (Å²) < 4.78 is 21.4. The summed E-state index contributed by atoms with van der Waals surface area (Å²) in [6.45, 7) is 2.76. The first kappa shape index (κ1) is 15.3. The van der Waals surface area contributed by atoms with Crippen LogP contribution in [0.1, 0.15) is 18.1 Å². The largest absolute Gasteiger partial charge is 0.494 e. The molecule has 0 bridgehead atoms. The van der Waals surface area contributed by atoms with Crippen molar-refractivity contribution in [1.29, 1.82) is 0 Å². The van der Waals surface area contributed by atoms with Crippen molar-refractivity contribution in [2.45, 2.75) is 6.92 Å². The van der Waals surface area contributed by atoms with E-state index in [1.54, 1.807) is 12.2 Å². The van der Waals surface area contributed by atoms with Crippen molar-refractivity contribution in [2.75, 3.05) is 13.4 Å². The van der Waals surface area contributed by atoms with E-state index in [4.69, 9.17) is 18.9 Å². The van der Waals surface area contributed by atoms with Gasteiger partial charge in [0.1, 0.15) is 11.5 Å². The monoisotopic (exact) mass is 336 g/mol. The standard InChI is InChI=1S/C20H16O5/c1-2-22-16-6-4-14(5-7-16)18-11-15(20(21)25-18)9-13-3-8-17-19(10-13)24-12-23-17/h3-11H,2,12H2,1H3/b15-9-. The zero-order chi connectivity index (χ0) is 17.2. The fraction of sp³-hybridized carbons (Fsp3) is 0.150. The summed E-state index contributed by atoms with van der Waals surface area (Å²) in [5.41, 5.74) is 2.16. The molecular formula is C20H16O5. The topological polar surface area (TPSA) is 54.0 Å². The van der Waals surface area contributed by atoms with Gasteiger partial charge in [0.25, 0.3) is 0 Å². The number of hydrogen-bond donors (Lipinski definition) is 0. The summed E-state index contributed by atoms with van der Waals surface area (Å²) in [5, 5.41) is 0. The Morgan fingerprint density at radius 1 is 1.08 bits per heavy atom. The molecule has 0 unspecified atom stereocenters. The van der Waals surface area contributed by atoms with Crippen LogP contribution in [0.4, 0.5) is 0 Å². The molecule has 2 heterocycles. The predicted octanol–water partition coefficient (Wildman–Crippen LogP) is 3.80. The zero-order valence-electron chi connectivity index (χ0n) is 13.7. The maximum absolute atomic E-state index is 12.1. The van der Waals surface area contributed by atoms with Gasteiger partial charge in [0.05, 0.1) is 12.2 Å². The average molecular weight is 336 g/mol.